The van der Waals surface area contributed by atoms with Crippen LogP contribution in [0.5, 0.6) is 5.88 Å². The van der Waals surface area contributed by atoms with Crippen molar-refractivity contribution in [2.75, 3.05) is 25.0 Å². The normalized spacial score (nSPS) is 15.2. The molecule has 1 aromatic carbocycles. The SMILES string of the molecule is CCc1ccc(OCC(N)c2cnc(C)nc2C2CCN(C(=O)Nc3c(F)cccc3F)CC2)nc1C(F)(F)F. The molecule has 2 aromatic heterocycles. The molecular weight excluding hydrogens is 535 g/mol. The number of nitrogens with two attached hydrogens (primary N) is 1. The minimum atomic E-state index is -4.61. The number of nitrogens with one attached hydrogen (secondary N) is 1. The predicted octanol–water partition coefficient (Wildman–Crippen LogP) is 5.53. The third-order valence-electron chi connectivity index (χ3n) is 6.74. The fourth-order valence-electron chi connectivity index (χ4n) is 4.61. The zero-order valence-electron chi connectivity index (χ0n) is 21.9. The zero-order chi connectivity index (χ0) is 29.0. The second-order valence-corrected chi connectivity index (χ2v) is 9.47. The fourth-order valence-corrected chi connectivity index (χ4v) is 4.61. The highest BCUT2D eigenvalue weighted by atomic mass is 19.4. The van der Waals surface area contributed by atoms with Crippen LogP contribution in [0.1, 0.15) is 60.1 Å². The number of hydrogen-bond acceptors (Lipinski definition) is 6. The molecule has 8 nitrogen and oxygen atoms in total. The van der Waals surface area contributed by atoms with Crippen molar-refractivity contribution in [3.63, 3.8) is 0 Å². The van der Waals surface area contributed by atoms with Crippen LogP contribution in [-0.4, -0.2) is 45.6 Å². The molecule has 0 aliphatic carbocycles. The first-order chi connectivity index (χ1) is 19.0. The number of nitrogens with zero attached hydrogens (tertiary/aromatic N) is 4. The van der Waals surface area contributed by atoms with Crippen LogP contribution >= 0.6 is 0 Å². The van der Waals surface area contributed by atoms with Crippen LogP contribution in [0.4, 0.5) is 32.4 Å². The Morgan fingerprint density at radius 1 is 1.15 bits per heavy atom. The fraction of sp³-hybridized carbons (Fsp3) is 0.407. The summed E-state index contributed by atoms with van der Waals surface area (Å²) in [4.78, 5) is 26.5. The van der Waals surface area contributed by atoms with E-state index in [0.717, 1.165) is 12.1 Å². The van der Waals surface area contributed by atoms with Crippen molar-refractivity contribution in [2.24, 2.45) is 5.73 Å². The van der Waals surface area contributed by atoms with Crippen LogP contribution in [-0.2, 0) is 12.6 Å². The van der Waals surface area contributed by atoms with E-state index in [-0.39, 0.29) is 30.4 Å². The summed E-state index contributed by atoms with van der Waals surface area (Å²) in [6, 6.07) is 4.66. The highest BCUT2D eigenvalue weighted by molar-refractivity contribution is 5.89. The topological polar surface area (TPSA) is 106 Å². The Balaban J connectivity index is 1.42. The second-order valence-electron chi connectivity index (χ2n) is 9.47. The number of aryl methyl sites for hydroxylation is 2. The number of pyridine rings is 1. The van der Waals surface area contributed by atoms with E-state index in [0.29, 0.717) is 43.0 Å². The van der Waals surface area contributed by atoms with Gasteiger partial charge in [0.25, 0.3) is 0 Å². The molecule has 3 N–H and O–H groups in total. The first-order valence-corrected chi connectivity index (χ1v) is 12.8. The molecular formula is C27H29F5N6O2. The van der Waals surface area contributed by atoms with Gasteiger partial charge in [-0.1, -0.05) is 19.1 Å². The number of rotatable bonds is 7. The molecule has 1 unspecified atom stereocenters. The lowest BCUT2D eigenvalue weighted by atomic mass is 9.89. The van der Waals surface area contributed by atoms with E-state index in [4.69, 9.17) is 10.5 Å². The number of benzene rings is 1. The number of urea groups is 1. The number of hydrogen-bond donors (Lipinski definition) is 2. The standard InChI is InChI=1S/C27H29F5N6O2/c1-3-16-7-8-22(36-25(16)27(30,31)32)40-14-21(33)18-13-34-15(2)35-23(18)17-9-11-38(12-10-17)26(39)37-24-19(28)5-4-6-20(24)29/h4-8,13,17,21H,3,9-12,14,33H2,1-2H3,(H,37,39). The maximum Gasteiger partial charge on any atom is 0.433 e. The molecule has 0 radical (unpaired) electrons. The van der Waals surface area contributed by atoms with Crippen molar-refractivity contribution in [2.45, 2.75) is 51.2 Å². The van der Waals surface area contributed by atoms with Crippen LogP contribution in [0.2, 0.25) is 0 Å². The van der Waals surface area contributed by atoms with Gasteiger partial charge in [-0.3, -0.25) is 0 Å². The lowest BCUT2D eigenvalue weighted by Crippen LogP contribution is -2.41. The number of para-hydroxylation sites is 1. The third kappa shape index (κ3) is 6.64. The summed E-state index contributed by atoms with van der Waals surface area (Å²) in [5.74, 6) is -1.52. The summed E-state index contributed by atoms with van der Waals surface area (Å²) < 4.78 is 73.5. The molecule has 214 valence electrons. The number of halogens is 5. The Bertz CT molecular complexity index is 1340. The van der Waals surface area contributed by atoms with E-state index in [1.54, 1.807) is 20.0 Å². The van der Waals surface area contributed by atoms with Crippen molar-refractivity contribution in [1.82, 2.24) is 19.9 Å². The van der Waals surface area contributed by atoms with Gasteiger partial charge in [-0.05, 0) is 43.9 Å². The molecule has 13 heteroatoms. The molecule has 1 atom stereocenters. The van der Waals surface area contributed by atoms with Crippen molar-refractivity contribution in [3.8, 4) is 5.88 Å². The number of ether oxygens (including phenoxy) is 1. The van der Waals surface area contributed by atoms with Gasteiger partial charge in [-0.25, -0.2) is 28.5 Å². The summed E-state index contributed by atoms with van der Waals surface area (Å²) in [6.45, 7) is 3.77. The van der Waals surface area contributed by atoms with Gasteiger partial charge in [-0.15, -0.1) is 0 Å². The number of aromatic nitrogens is 3. The molecule has 1 aliphatic rings. The molecule has 3 heterocycles. The zero-order valence-corrected chi connectivity index (χ0v) is 21.9. The summed E-state index contributed by atoms with van der Waals surface area (Å²) in [5, 5.41) is 2.29. The van der Waals surface area contributed by atoms with Crippen LogP contribution in [0.3, 0.4) is 0 Å². The Morgan fingerprint density at radius 2 is 1.82 bits per heavy atom. The molecule has 2 amide bonds. The maximum atomic E-state index is 13.9. The van der Waals surface area contributed by atoms with Gasteiger partial charge >= 0.3 is 12.2 Å². The lowest BCUT2D eigenvalue weighted by molar-refractivity contribution is -0.142. The van der Waals surface area contributed by atoms with E-state index < -0.39 is 41.3 Å². The highest BCUT2D eigenvalue weighted by Crippen LogP contribution is 2.34. The summed E-state index contributed by atoms with van der Waals surface area (Å²) in [7, 11) is 0. The number of likely N-dealkylation sites (tertiary alicyclic amines) is 1. The molecule has 1 fully saturated rings. The smallest absolute Gasteiger partial charge is 0.433 e. The molecule has 40 heavy (non-hydrogen) atoms. The van der Waals surface area contributed by atoms with Crippen LogP contribution < -0.4 is 15.8 Å². The number of alkyl halides is 3. The Morgan fingerprint density at radius 3 is 2.45 bits per heavy atom. The third-order valence-corrected chi connectivity index (χ3v) is 6.74. The largest absolute Gasteiger partial charge is 0.476 e. The van der Waals surface area contributed by atoms with E-state index in [9.17, 15) is 26.7 Å². The number of carbonyl (C=O) groups is 1. The van der Waals surface area contributed by atoms with Crippen molar-refractivity contribution in [3.05, 3.63) is 76.5 Å². The Kier molecular flexibility index (Phi) is 8.82. The molecule has 0 bridgehead atoms. The molecule has 0 saturated carbocycles. The number of amides is 2. The first kappa shape index (κ1) is 29.1. The molecule has 3 aromatic rings. The van der Waals surface area contributed by atoms with E-state index in [1.165, 1.54) is 23.1 Å². The van der Waals surface area contributed by atoms with Crippen molar-refractivity contribution in [1.29, 1.82) is 0 Å². The first-order valence-electron chi connectivity index (χ1n) is 12.8. The average Bonchev–Trinajstić information content (AvgIpc) is 2.93. The minimum absolute atomic E-state index is 0.0671. The van der Waals surface area contributed by atoms with E-state index in [2.05, 4.69) is 20.3 Å². The molecule has 0 spiro atoms. The number of anilines is 1. The van der Waals surface area contributed by atoms with Gasteiger partial charge in [-0.2, -0.15) is 13.2 Å². The maximum absolute atomic E-state index is 13.9. The van der Waals surface area contributed by atoms with Gasteiger partial charge in [0.2, 0.25) is 5.88 Å². The van der Waals surface area contributed by atoms with Crippen LogP contribution in [0.25, 0.3) is 0 Å². The molecule has 4 rings (SSSR count). The van der Waals surface area contributed by atoms with Gasteiger partial charge in [0.05, 0.1) is 11.7 Å². The monoisotopic (exact) mass is 564 g/mol. The van der Waals surface area contributed by atoms with Gasteiger partial charge < -0.3 is 20.7 Å². The Hall–Kier alpha value is -3.87. The average molecular weight is 565 g/mol. The van der Waals surface area contributed by atoms with Gasteiger partial charge in [0.1, 0.15) is 29.8 Å². The van der Waals surface area contributed by atoms with Gasteiger partial charge in [0, 0.05) is 36.8 Å². The highest BCUT2D eigenvalue weighted by Gasteiger charge is 2.35. The van der Waals surface area contributed by atoms with E-state index in [1.807, 2.05) is 0 Å². The summed E-state index contributed by atoms with van der Waals surface area (Å²) >= 11 is 0. The van der Waals surface area contributed by atoms with E-state index >= 15 is 0 Å². The summed E-state index contributed by atoms with van der Waals surface area (Å²) in [5.41, 5.74) is 6.17. The second kappa shape index (κ2) is 12.1. The molecule has 1 aliphatic heterocycles. The lowest BCUT2D eigenvalue weighted by Gasteiger charge is -2.33. The number of carbonyl (C=O) groups excluding carboxylic acids is 1. The van der Waals surface area contributed by atoms with Crippen LogP contribution in [0, 0.1) is 18.6 Å². The quantitative estimate of drug-likeness (QED) is 0.366. The minimum Gasteiger partial charge on any atom is -0.476 e. The summed E-state index contributed by atoms with van der Waals surface area (Å²) in [6.07, 6.45) is -1.87. The number of piperidine rings is 1. The van der Waals surface area contributed by atoms with Crippen LogP contribution in [0.15, 0.2) is 36.5 Å². The van der Waals surface area contributed by atoms with Crippen molar-refractivity contribution < 1.29 is 31.5 Å². The predicted molar refractivity (Wildman–Crippen MR) is 137 cm³/mol. The van der Waals surface area contributed by atoms with Gasteiger partial charge in [0.15, 0.2) is 5.69 Å². The molecule has 1 saturated heterocycles. The van der Waals surface area contributed by atoms with Crippen molar-refractivity contribution >= 4 is 11.7 Å². The Labute approximate surface area is 227 Å².